The number of piperazine rings is 1. The van der Waals surface area contributed by atoms with Gasteiger partial charge < -0.3 is 9.80 Å². The van der Waals surface area contributed by atoms with Crippen LogP contribution in [-0.2, 0) is 11.2 Å². The van der Waals surface area contributed by atoms with Crippen molar-refractivity contribution in [1.82, 2.24) is 19.8 Å². The van der Waals surface area contributed by atoms with Crippen LogP contribution in [0.3, 0.4) is 0 Å². The third kappa shape index (κ3) is 4.57. The fourth-order valence-electron chi connectivity index (χ4n) is 3.69. The fraction of sp³-hybridized carbons (Fsp3) is 0.450. The fourth-order valence-corrected chi connectivity index (χ4v) is 4.05. The first kappa shape index (κ1) is 18.6. The van der Waals surface area contributed by atoms with Crippen molar-refractivity contribution in [2.75, 3.05) is 44.2 Å². The minimum absolute atomic E-state index is 0.279. The molecule has 3 heterocycles. The van der Waals surface area contributed by atoms with Crippen LogP contribution >= 0.6 is 22.6 Å². The summed E-state index contributed by atoms with van der Waals surface area (Å²) in [5.41, 5.74) is 1.24. The summed E-state index contributed by atoms with van der Waals surface area (Å²) in [6, 6.07) is 10.8. The van der Waals surface area contributed by atoms with Gasteiger partial charge in [0.2, 0.25) is 11.9 Å². The van der Waals surface area contributed by atoms with Gasteiger partial charge in [-0.2, -0.15) is 0 Å². The van der Waals surface area contributed by atoms with Crippen LogP contribution in [0, 0.1) is 3.57 Å². The highest BCUT2D eigenvalue weighted by Gasteiger charge is 2.35. The molecule has 0 spiro atoms. The van der Waals surface area contributed by atoms with Crippen molar-refractivity contribution in [3.05, 3.63) is 51.9 Å². The Labute approximate surface area is 173 Å². The number of nitrogens with zero attached hydrogens (tertiary/aromatic N) is 5. The molecule has 0 unspecified atom stereocenters. The summed E-state index contributed by atoms with van der Waals surface area (Å²) < 4.78 is 1.23. The zero-order chi connectivity index (χ0) is 18.6. The Hall–Kier alpha value is -1.74. The summed E-state index contributed by atoms with van der Waals surface area (Å²) in [6.07, 6.45) is 5.01. The smallest absolute Gasteiger partial charge is 0.225 e. The second kappa shape index (κ2) is 8.52. The van der Waals surface area contributed by atoms with Gasteiger partial charge in [-0.05, 0) is 52.8 Å². The van der Waals surface area contributed by atoms with Crippen LogP contribution in [0.25, 0.3) is 0 Å². The van der Waals surface area contributed by atoms with Crippen molar-refractivity contribution in [2.24, 2.45) is 0 Å². The van der Waals surface area contributed by atoms with E-state index >= 15 is 0 Å². The summed E-state index contributed by atoms with van der Waals surface area (Å²) in [4.78, 5) is 27.8. The Balaban J connectivity index is 1.18. The predicted octanol–water partition coefficient (Wildman–Crippen LogP) is 2.05. The molecule has 0 aliphatic carbocycles. The maximum atomic E-state index is 12.4. The summed E-state index contributed by atoms with van der Waals surface area (Å²) in [5, 5.41) is 0. The number of benzene rings is 1. The van der Waals surface area contributed by atoms with Crippen LogP contribution in [0.2, 0.25) is 0 Å². The van der Waals surface area contributed by atoms with E-state index in [-0.39, 0.29) is 5.91 Å². The van der Waals surface area contributed by atoms with Crippen molar-refractivity contribution in [3.8, 4) is 0 Å². The third-order valence-electron chi connectivity index (χ3n) is 5.42. The Morgan fingerprint density at radius 2 is 1.70 bits per heavy atom. The normalized spacial score (nSPS) is 18.4. The number of anilines is 1. The molecule has 0 bridgehead atoms. The van der Waals surface area contributed by atoms with Gasteiger partial charge in [0, 0.05) is 67.7 Å². The summed E-state index contributed by atoms with van der Waals surface area (Å²) in [7, 11) is 0. The minimum atomic E-state index is 0.279. The molecule has 2 fully saturated rings. The summed E-state index contributed by atoms with van der Waals surface area (Å²) in [6.45, 7) is 5.64. The molecule has 0 radical (unpaired) electrons. The van der Waals surface area contributed by atoms with E-state index in [1.54, 1.807) is 12.4 Å². The molecular weight excluding hydrogens is 453 g/mol. The number of carbonyl (C=O) groups excluding carboxylic acids is 1. The maximum absolute atomic E-state index is 12.4. The number of hydrogen-bond acceptors (Lipinski definition) is 5. The van der Waals surface area contributed by atoms with Gasteiger partial charge in [0.25, 0.3) is 0 Å². The molecule has 1 amide bonds. The van der Waals surface area contributed by atoms with Crippen molar-refractivity contribution in [2.45, 2.75) is 18.9 Å². The molecule has 142 valence electrons. The number of rotatable bonds is 5. The van der Waals surface area contributed by atoms with Crippen LogP contribution in [-0.4, -0.2) is 71.0 Å². The van der Waals surface area contributed by atoms with Crippen molar-refractivity contribution < 1.29 is 4.79 Å². The van der Waals surface area contributed by atoms with E-state index in [4.69, 9.17) is 0 Å². The molecule has 2 aromatic rings. The maximum Gasteiger partial charge on any atom is 0.225 e. The van der Waals surface area contributed by atoms with E-state index in [1.807, 2.05) is 11.0 Å². The second-order valence-electron chi connectivity index (χ2n) is 7.15. The number of carbonyl (C=O) groups is 1. The van der Waals surface area contributed by atoms with Crippen LogP contribution in [0.4, 0.5) is 5.95 Å². The molecule has 2 aliphatic heterocycles. The molecule has 4 rings (SSSR count). The molecule has 27 heavy (non-hydrogen) atoms. The van der Waals surface area contributed by atoms with E-state index in [0.717, 1.165) is 51.6 Å². The number of amides is 1. The predicted molar refractivity (Wildman–Crippen MR) is 114 cm³/mol. The Bertz CT molecular complexity index is 756. The van der Waals surface area contributed by atoms with Crippen LogP contribution in [0.1, 0.15) is 12.0 Å². The molecule has 1 aromatic heterocycles. The average molecular weight is 477 g/mol. The summed E-state index contributed by atoms with van der Waals surface area (Å²) >= 11 is 2.30. The number of halogens is 1. The Kier molecular flexibility index (Phi) is 5.87. The largest absolute Gasteiger partial charge is 0.339 e. The van der Waals surface area contributed by atoms with E-state index in [1.165, 1.54) is 9.13 Å². The van der Waals surface area contributed by atoms with Gasteiger partial charge in [-0.3, -0.25) is 9.69 Å². The monoisotopic (exact) mass is 477 g/mol. The van der Waals surface area contributed by atoms with E-state index in [9.17, 15) is 4.79 Å². The van der Waals surface area contributed by atoms with Crippen LogP contribution in [0.5, 0.6) is 0 Å². The van der Waals surface area contributed by atoms with E-state index in [0.29, 0.717) is 12.5 Å². The van der Waals surface area contributed by atoms with Crippen molar-refractivity contribution >= 4 is 34.4 Å². The first-order valence-corrected chi connectivity index (χ1v) is 10.5. The molecule has 0 N–H and O–H groups in total. The molecule has 0 atom stereocenters. The van der Waals surface area contributed by atoms with Gasteiger partial charge in [-0.1, -0.05) is 12.1 Å². The summed E-state index contributed by atoms with van der Waals surface area (Å²) in [5.74, 6) is 1.10. The molecule has 1 aromatic carbocycles. The lowest BCUT2D eigenvalue weighted by molar-refractivity contribution is -0.138. The second-order valence-corrected chi connectivity index (χ2v) is 8.40. The lowest BCUT2D eigenvalue weighted by Gasteiger charge is -2.48. The van der Waals surface area contributed by atoms with Crippen LogP contribution in [0.15, 0.2) is 42.7 Å². The van der Waals surface area contributed by atoms with Gasteiger partial charge >= 0.3 is 0 Å². The number of likely N-dealkylation sites (tertiary alicyclic amines) is 1. The van der Waals surface area contributed by atoms with Crippen LogP contribution < -0.4 is 4.90 Å². The van der Waals surface area contributed by atoms with E-state index < -0.39 is 0 Å². The Morgan fingerprint density at radius 1 is 1.04 bits per heavy atom. The molecular formula is C20H24IN5O. The van der Waals surface area contributed by atoms with Gasteiger partial charge in [0.05, 0.1) is 0 Å². The highest BCUT2D eigenvalue weighted by molar-refractivity contribution is 14.1. The molecule has 0 saturated carbocycles. The first-order valence-electron chi connectivity index (χ1n) is 9.47. The third-order valence-corrected chi connectivity index (χ3v) is 6.14. The SMILES string of the molecule is O=C(CCc1ccc(I)cc1)N1CC(N2CCN(c3ncccn3)CC2)C1. The van der Waals surface area contributed by atoms with Gasteiger partial charge in [-0.15, -0.1) is 0 Å². The molecule has 2 aliphatic rings. The number of aryl methyl sites for hydroxylation is 1. The van der Waals surface area contributed by atoms with Crippen molar-refractivity contribution in [3.63, 3.8) is 0 Å². The van der Waals surface area contributed by atoms with E-state index in [2.05, 4.69) is 66.6 Å². The van der Waals surface area contributed by atoms with Gasteiger partial charge in [-0.25, -0.2) is 9.97 Å². The van der Waals surface area contributed by atoms with Gasteiger partial charge in [0.15, 0.2) is 0 Å². The minimum Gasteiger partial charge on any atom is -0.339 e. The number of hydrogen-bond donors (Lipinski definition) is 0. The zero-order valence-corrected chi connectivity index (χ0v) is 17.5. The van der Waals surface area contributed by atoms with Crippen molar-refractivity contribution in [1.29, 1.82) is 0 Å². The lowest BCUT2D eigenvalue weighted by Crippen LogP contribution is -2.64. The standard InChI is InChI=1S/C20H24IN5O/c21-17-5-2-16(3-6-17)4-7-19(27)26-14-18(15-26)24-10-12-25(13-11-24)20-22-8-1-9-23-20/h1-3,5-6,8-9,18H,4,7,10-15H2. The molecule has 2 saturated heterocycles. The highest BCUT2D eigenvalue weighted by Crippen LogP contribution is 2.20. The molecule has 7 heteroatoms. The molecule has 6 nitrogen and oxygen atoms in total. The number of aromatic nitrogens is 2. The topological polar surface area (TPSA) is 52.6 Å². The van der Waals surface area contributed by atoms with Gasteiger partial charge in [0.1, 0.15) is 0 Å². The first-order chi connectivity index (χ1) is 13.2. The quantitative estimate of drug-likeness (QED) is 0.618. The average Bonchev–Trinajstić information content (AvgIpc) is 2.68. The Morgan fingerprint density at radius 3 is 2.37 bits per heavy atom. The lowest BCUT2D eigenvalue weighted by atomic mass is 10.0. The zero-order valence-electron chi connectivity index (χ0n) is 15.3. The highest BCUT2D eigenvalue weighted by atomic mass is 127.